The Labute approximate surface area is 205 Å². The second-order valence-electron chi connectivity index (χ2n) is 8.93. The molecule has 0 saturated carbocycles. The van der Waals surface area contributed by atoms with Gasteiger partial charge < -0.3 is 15.0 Å². The molecule has 1 fully saturated rings. The lowest BCUT2D eigenvalue weighted by Gasteiger charge is -2.34. The summed E-state index contributed by atoms with van der Waals surface area (Å²) in [6.07, 6.45) is 6.15. The van der Waals surface area contributed by atoms with Gasteiger partial charge in [-0.25, -0.2) is 0 Å². The van der Waals surface area contributed by atoms with Crippen molar-refractivity contribution in [1.82, 2.24) is 9.80 Å². The Morgan fingerprint density at radius 2 is 1.94 bits per heavy atom. The summed E-state index contributed by atoms with van der Waals surface area (Å²) in [6.45, 7) is 3.50. The first-order valence-corrected chi connectivity index (χ1v) is 12.9. The minimum Gasteiger partial charge on any atom is -0.497 e. The van der Waals surface area contributed by atoms with E-state index in [0.29, 0.717) is 43.0 Å². The average molecular weight is 481 g/mol. The fraction of sp³-hybridized carbons (Fsp3) is 0.500. The zero-order valence-corrected chi connectivity index (χ0v) is 20.6. The lowest BCUT2D eigenvalue weighted by Crippen LogP contribution is -2.49. The van der Waals surface area contributed by atoms with Gasteiger partial charge in [0.2, 0.25) is 11.8 Å². The molecule has 1 saturated heterocycles. The van der Waals surface area contributed by atoms with E-state index in [-0.39, 0.29) is 11.8 Å². The first-order chi connectivity index (χ1) is 16.6. The van der Waals surface area contributed by atoms with Crippen molar-refractivity contribution >= 4 is 28.2 Å². The number of benzene rings is 1. The summed E-state index contributed by atoms with van der Waals surface area (Å²) in [5.74, 6) is 0.824. The van der Waals surface area contributed by atoms with Crippen molar-refractivity contribution in [2.24, 2.45) is 0 Å². The van der Waals surface area contributed by atoms with E-state index >= 15 is 0 Å². The van der Waals surface area contributed by atoms with Gasteiger partial charge in [-0.15, -0.1) is 11.3 Å². The van der Waals surface area contributed by atoms with Crippen LogP contribution < -0.4 is 10.1 Å². The molecule has 0 unspecified atom stereocenters. The van der Waals surface area contributed by atoms with E-state index in [1.54, 1.807) is 18.4 Å². The van der Waals surface area contributed by atoms with Gasteiger partial charge in [0, 0.05) is 44.0 Å². The minimum atomic E-state index is -0.0514. The maximum absolute atomic E-state index is 12.7. The number of nitrogens with one attached hydrogen (secondary N) is 1. The van der Waals surface area contributed by atoms with E-state index in [1.165, 1.54) is 11.3 Å². The van der Waals surface area contributed by atoms with Crippen LogP contribution in [-0.2, 0) is 28.9 Å². The number of fused-ring (bicyclic) bond motifs is 1. The number of hydrogen-bond acceptors (Lipinski definition) is 6. The van der Waals surface area contributed by atoms with E-state index in [0.717, 1.165) is 55.6 Å². The summed E-state index contributed by atoms with van der Waals surface area (Å²) in [6, 6.07) is 9.94. The lowest BCUT2D eigenvalue weighted by molar-refractivity contribution is -0.132. The fourth-order valence-corrected chi connectivity index (χ4v) is 5.94. The van der Waals surface area contributed by atoms with E-state index in [9.17, 15) is 14.9 Å². The van der Waals surface area contributed by atoms with Crippen LogP contribution in [0, 0.1) is 11.3 Å². The van der Waals surface area contributed by atoms with Crippen LogP contribution in [0.1, 0.15) is 47.3 Å². The van der Waals surface area contributed by atoms with Crippen LogP contribution in [0.5, 0.6) is 5.75 Å². The molecular formula is C26H32N4O3S. The topological polar surface area (TPSA) is 85.7 Å². The highest BCUT2D eigenvalue weighted by molar-refractivity contribution is 7.16. The normalized spacial score (nSPS) is 16.3. The van der Waals surface area contributed by atoms with Gasteiger partial charge in [-0.2, -0.15) is 5.26 Å². The number of piperazine rings is 1. The molecule has 2 amide bonds. The van der Waals surface area contributed by atoms with Gasteiger partial charge in [-0.3, -0.25) is 14.5 Å². The third-order valence-corrected chi connectivity index (χ3v) is 7.86. The highest BCUT2D eigenvalue weighted by atomic mass is 32.1. The van der Waals surface area contributed by atoms with Crippen molar-refractivity contribution in [3.63, 3.8) is 0 Å². The van der Waals surface area contributed by atoms with Gasteiger partial charge in [-0.1, -0.05) is 18.6 Å². The molecule has 2 aliphatic rings. The molecule has 2 heterocycles. The molecule has 1 N–H and O–H groups in total. The Kier molecular flexibility index (Phi) is 8.20. The van der Waals surface area contributed by atoms with Gasteiger partial charge >= 0.3 is 0 Å². The third kappa shape index (κ3) is 5.96. The molecule has 34 heavy (non-hydrogen) atoms. The van der Waals surface area contributed by atoms with Crippen LogP contribution >= 0.6 is 11.3 Å². The highest BCUT2D eigenvalue weighted by Gasteiger charge is 2.23. The number of nitriles is 1. The minimum absolute atomic E-state index is 0.0514. The Morgan fingerprint density at radius 1 is 1.15 bits per heavy atom. The van der Waals surface area contributed by atoms with Crippen molar-refractivity contribution in [1.29, 1.82) is 5.26 Å². The number of thiophene rings is 1. The maximum atomic E-state index is 12.7. The quantitative estimate of drug-likeness (QED) is 0.612. The Balaban J connectivity index is 1.22. The summed E-state index contributed by atoms with van der Waals surface area (Å²) >= 11 is 1.58. The van der Waals surface area contributed by atoms with Gasteiger partial charge in [0.25, 0.3) is 0 Å². The van der Waals surface area contributed by atoms with Crippen molar-refractivity contribution in [3.05, 3.63) is 45.8 Å². The number of carbonyl (C=O) groups is 2. The van der Waals surface area contributed by atoms with Crippen LogP contribution in [-0.4, -0.2) is 61.4 Å². The molecule has 0 bridgehead atoms. The predicted octanol–water partition coefficient (Wildman–Crippen LogP) is 3.61. The summed E-state index contributed by atoms with van der Waals surface area (Å²) in [5, 5.41) is 13.4. The number of amides is 2. The van der Waals surface area contributed by atoms with Crippen molar-refractivity contribution in [2.45, 2.75) is 44.9 Å². The Morgan fingerprint density at radius 3 is 2.71 bits per heavy atom. The lowest BCUT2D eigenvalue weighted by atomic mass is 10.1. The molecule has 0 atom stereocenters. The number of carbonyl (C=O) groups excluding carboxylic acids is 2. The number of nitrogens with zero attached hydrogens (tertiary/aromatic N) is 3. The second-order valence-corrected chi connectivity index (χ2v) is 10.0. The van der Waals surface area contributed by atoms with Gasteiger partial charge in [0.05, 0.1) is 19.1 Å². The molecule has 1 aliphatic heterocycles. The van der Waals surface area contributed by atoms with E-state index in [1.807, 2.05) is 29.2 Å². The van der Waals surface area contributed by atoms with E-state index < -0.39 is 0 Å². The second kappa shape index (κ2) is 11.5. The molecule has 180 valence electrons. The van der Waals surface area contributed by atoms with Crippen LogP contribution in [0.3, 0.4) is 0 Å². The molecule has 8 heteroatoms. The number of ether oxygens (including phenoxy) is 1. The predicted molar refractivity (Wildman–Crippen MR) is 133 cm³/mol. The molecule has 0 spiro atoms. The Bertz CT molecular complexity index is 1070. The van der Waals surface area contributed by atoms with Crippen molar-refractivity contribution in [3.8, 4) is 11.8 Å². The van der Waals surface area contributed by atoms with Gasteiger partial charge in [-0.05, 0) is 48.9 Å². The highest BCUT2D eigenvalue weighted by Crippen LogP contribution is 2.37. The summed E-state index contributed by atoms with van der Waals surface area (Å²) in [7, 11) is 1.62. The number of anilines is 1. The fourth-order valence-electron chi connectivity index (χ4n) is 4.69. The molecule has 7 nitrogen and oxygen atoms in total. The smallest absolute Gasteiger partial charge is 0.227 e. The van der Waals surface area contributed by atoms with E-state index in [4.69, 9.17) is 4.74 Å². The molecule has 1 aromatic heterocycles. The van der Waals surface area contributed by atoms with Gasteiger partial charge in [0.1, 0.15) is 16.8 Å². The first-order valence-electron chi connectivity index (χ1n) is 12.0. The summed E-state index contributed by atoms with van der Waals surface area (Å²) in [4.78, 5) is 30.7. The third-order valence-electron chi connectivity index (χ3n) is 6.66. The molecule has 0 radical (unpaired) electrons. The van der Waals surface area contributed by atoms with Crippen LogP contribution in [0.25, 0.3) is 0 Å². The standard InChI is InChI=1S/C26H32N4O3S/c1-33-20-7-5-6-19(16-20)17-25(32)30-14-12-29(13-15-30)11-10-24(31)28-26-22(18-27)21-8-3-2-4-9-23(21)34-26/h5-7,16H,2-4,8-15,17H2,1H3,(H,28,31). The summed E-state index contributed by atoms with van der Waals surface area (Å²) in [5.41, 5.74) is 2.76. The maximum Gasteiger partial charge on any atom is 0.227 e. The summed E-state index contributed by atoms with van der Waals surface area (Å²) < 4.78 is 5.24. The molecule has 4 rings (SSSR count). The number of methoxy groups -OCH3 is 1. The number of aryl methyl sites for hydroxylation is 1. The molecule has 1 aromatic carbocycles. The Hall–Kier alpha value is -2.89. The van der Waals surface area contributed by atoms with Crippen LogP contribution in [0.4, 0.5) is 5.00 Å². The van der Waals surface area contributed by atoms with Crippen molar-refractivity contribution < 1.29 is 14.3 Å². The van der Waals surface area contributed by atoms with Crippen LogP contribution in [0.2, 0.25) is 0 Å². The average Bonchev–Trinajstić information content (AvgIpc) is 3.01. The van der Waals surface area contributed by atoms with Gasteiger partial charge in [0.15, 0.2) is 0 Å². The largest absolute Gasteiger partial charge is 0.497 e. The number of hydrogen-bond donors (Lipinski definition) is 1. The monoisotopic (exact) mass is 480 g/mol. The molecule has 2 aromatic rings. The first kappa shape index (κ1) is 24.2. The van der Waals surface area contributed by atoms with Crippen molar-refractivity contribution in [2.75, 3.05) is 45.2 Å². The van der Waals surface area contributed by atoms with Crippen LogP contribution in [0.15, 0.2) is 24.3 Å². The zero-order chi connectivity index (χ0) is 23.9. The van der Waals surface area contributed by atoms with E-state index in [2.05, 4.69) is 16.3 Å². The zero-order valence-electron chi connectivity index (χ0n) is 19.8. The molecule has 1 aliphatic carbocycles. The number of rotatable bonds is 7. The SMILES string of the molecule is COc1cccc(CC(=O)N2CCN(CCC(=O)Nc3sc4c(c3C#N)CCCCC4)CC2)c1. The molecular weight excluding hydrogens is 448 g/mol.